The maximum Gasteiger partial charge on any atom is 0.416 e. The van der Waals surface area contributed by atoms with E-state index in [1.54, 1.807) is 4.68 Å². The Morgan fingerprint density at radius 1 is 1.12 bits per heavy atom. The second-order valence-electron chi connectivity index (χ2n) is 7.19. The third-order valence-corrected chi connectivity index (χ3v) is 6.87. The Bertz CT molecular complexity index is 1280. The summed E-state index contributed by atoms with van der Waals surface area (Å²) in [6.07, 6.45) is -2.63. The van der Waals surface area contributed by atoms with Crippen molar-refractivity contribution < 1.29 is 26.4 Å². The fourth-order valence-electron chi connectivity index (χ4n) is 2.87. The lowest BCUT2D eigenvalue weighted by Crippen LogP contribution is -2.17. The molecule has 1 aliphatic carbocycles. The Kier molecular flexibility index (Phi) is 6.30. The molecule has 1 aromatic heterocycles. The molecule has 33 heavy (non-hydrogen) atoms. The van der Waals surface area contributed by atoms with Gasteiger partial charge in [0.1, 0.15) is 0 Å². The average molecular weight is 499 g/mol. The summed E-state index contributed by atoms with van der Waals surface area (Å²) in [5, 5.41) is 14.5. The molecule has 1 amide bonds. The highest BCUT2D eigenvalue weighted by Crippen LogP contribution is 2.36. The fraction of sp³-hybridized carbons (Fsp3) is 0.263. The summed E-state index contributed by atoms with van der Waals surface area (Å²) in [5.74, 6) is -0.391. The number of benzene rings is 2. The number of aromatic nitrogens is 4. The number of alkyl halides is 3. The number of anilines is 2. The van der Waals surface area contributed by atoms with E-state index in [4.69, 9.17) is 0 Å². The number of nitrogens with zero attached hydrogens (tertiary/aromatic N) is 4. The van der Waals surface area contributed by atoms with E-state index in [-0.39, 0.29) is 28.1 Å². The van der Waals surface area contributed by atoms with E-state index >= 15 is 0 Å². The molecule has 14 heteroatoms. The molecule has 174 valence electrons. The van der Waals surface area contributed by atoms with E-state index in [9.17, 15) is 26.4 Å². The molecule has 0 aliphatic heterocycles. The van der Waals surface area contributed by atoms with Gasteiger partial charge in [0.2, 0.25) is 11.1 Å². The predicted molar refractivity (Wildman–Crippen MR) is 114 cm³/mol. The fourth-order valence-corrected chi connectivity index (χ4v) is 4.71. The largest absolute Gasteiger partial charge is 0.416 e. The van der Waals surface area contributed by atoms with Crippen molar-refractivity contribution in [1.82, 2.24) is 20.2 Å². The molecule has 1 fully saturated rings. The van der Waals surface area contributed by atoms with Crippen molar-refractivity contribution in [1.29, 1.82) is 0 Å². The van der Waals surface area contributed by atoms with Crippen LogP contribution >= 0.6 is 11.8 Å². The monoisotopic (exact) mass is 498 g/mol. The first-order valence-electron chi connectivity index (χ1n) is 9.62. The average Bonchev–Trinajstić information content (AvgIpc) is 3.49. The first-order valence-corrected chi connectivity index (χ1v) is 12.1. The van der Waals surface area contributed by atoms with E-state index in [0.29, 0.717) is 11.2 Å². The molecule has 0 saturated heterocycles. The highest BCUT2D eigenvalue weighted by Gasteiger charge is 2.31. The summed E-state index contributed by atoms with van der Waals surface area (Å²) in [4.78, 5) is 12.1. The van der Waals surface area contributed by atoms with Crippen LogP contribution in [-0.2, 0) is 21.0 Å². The van der Waals surface area contributed by atoms with E-state index in [2.05, 4.69) is 25.6 Å². The molecule has 2 N–H and O–H groups in total. The van der Waals surface area contributed by atoms with Crippen LogP contribution in [0.3, 0.4) is 0 Å². The van der Waals surface area contributed by atoms with Gasteiger partial charge < -0.3 is 5.32 Å². The van der Waals surface area contributed by atoms with Crippen molar-refractivity contribution in [2.24, 2.45) is 0 Å². The zero-order chi connectivity index (χ0) is 23.6. The van der Waals surface area contributed by atoms with Crippen LogP contribution in [0.15, 0.2) is 58.6 Å². The van der Waals surface area contributed by atoms with Crippen molar-refractivity contribution in [2.75, 3.05) is 15.8 Å². The molecule has 0 unspecified atom stereocenters. The van der Waals surface area contributed by atoms with E-state index in [0.717, 1.165) is 36.7 Å². The normalized spacial score (nSPS) is 14.2. The van der Waals surface area contributed by atoms with E-state index in [1.807, 2.05) is 0 Å². The molecule has 9 nitrogen and oxygen atoms in total. The third kappa shape index (κ3) is 5.82. The molecular weight excluding hydrogens is 481 g/mol. The SMILES string of the molecule is O=C(CSc1nnnn1C1CC1)Nc1cccc(S(=O)(=O)Nc2cccc(C(F)(F)F)c2)c1. The molecular formula is C19H17F3N6O3S2. The number of nitrogens with one attached hydrogen (secondary N) is 2. The van der Waals surface area contributed by atoms with Crippen LogP contribution in [0.4, 0.5) is 24.5 Å². The maximum absolute atomic E-state index is 12.9. The predicted octanol–water partition coefficient (Wildman–Crippen LogP) is 3.56. The van der Waals surface area contributed by atoms with Gasteiger partial charge in [-0.15, -0.1) is 5.10 Å². The lowest BCUT2D eigenvalue weighted by atomic mass is 10.2. The number of carbonyl (C=O) groups excluding carboxylic acids is 1. The molecule has 1 heterocycles. The number of hydrogen-bond acceptors (Lipinski definition) is 7. The summed E-state index contributed by atoms with van der Waals surface area (Å²) in [6, 6.07) is 9.52. The Morgan fingerprint density at radius 2 is 1.85 bits per heavy atom. The van der Waals surface area contributed by atoms with Crippen molar-refractivity contribution in [2.45, 2.75) is 35.1 Å². The minimum atomic E-state index is -4.61. The Labute approximate surface area is 190 Å². The molecule has 1 aliphatic rings. The number of sulfonamides is 1. The third-order valence-electron chi connectivity index (χ3n) is 4.56. The van der Waals surface area contributed by atoms with Crippen LogP contribution in [0, 0.1) is 0 Å². The Balaban J connectivity index is 1.41. The molecule has 0 spiro atoms. The van der Waals surface area contributed by atoms with Gasteiger partial charge in [0.25, 0.3) is 10.0 Å². The first kappa shape index (κ1) is 23.0. The highest BCUT2D eigenvalue weighted by atomic mass is 32.2. The number of halogens is 3. The molecule has 0 bridgehead atoms. The van der Waals surface area contributed by atoms with Gasteiger partial charge in [0.05, 0.1) is 22.3 Å². The lowest BCUT2D eigenvalue weighted by Gasteiger charge is -2.12. The zero-order valence-corrected chi connectivity index (χ0v) is 18.4. The number of hydrogen-bond donors (Lipinski definition) is 2. The molecule has 4 rings (SSSR count). The van der Waals surface area contributed by atoms with E-state index < -0.39 is 27.7 Å². The lowest BCUT2D eigenvalue weighted by molar-refractivity contribution is -0.137. The van der Waals surface area contributed by atoms with Crippen molar-refractivity contribution in [3.63, 3.8) is 0 Å². The van der Waals surface area contributed by atoms with Crippen LogP contribution in [-0.4, -0.2) is 40.3 Å². The number of rotatable bonds is 8. The van der Waals surface area contributed by atoms with Gasteiger partial charge in [0, 0.05) is 11.4 Å². The summed E-state index contributed by atoms with van der Waals surface area (Å²) in [7, 11) is -4.19. The Morgan fingerprint density at radius 3 is 2.58 bits per heavy atom. The summed E-state index contributed by atoms with van der Waals surface area (Å²) < 4.78 is 67.8. The smallest absolute Gasteiger partial charge is 0.325 e. The first-order chi connectivity index (χ1) is 15.6. The van der Waals surface area contributed by atoms with Crippen LogP contribution < -0.4 is 10.0 Å². The van der Waals surface area contributed by atoms with Gasteiger partial charge in [-0.05, 0) is 59.7 Å². The summed E-state index contributed by atoms with van der Waals surface area (Å²) in [5.41, 5.74) is -0.993. The second-order valence-corrected chi connectivity index (χ2v) is 9.81. The molecule has 0 atom stereocenters. The van der Waals surface area contributed by atoms with E-state index in [1.165, 1.54) is 30.3 Å². The minimum absolute atomic E-state index is 0.00650. The van der Waals surface area contributed by atoms with Gasteiger partial charge in [-0.25, -0.2) is 13.1 Å². The summed E-state index contributed by atoms with van der Waals surface area (Å²) >= 11 is 1.16. The minimum Gasteiger partial charge on any atom is -0.325 e. The van der Waals surface area contributed by atoms with Crippen molar-refractivity contribution in [3.05, 3.63) is 54.1 Å². The molecule has 2 aromatic carbocycles. The van der Waals surface area contributed by atoms with Gasteiger partial charge in [0.15, 0.2) is 0 Å². The summed E-state index contributed by atoms with van der Waals surface area (Å²) in [6.45, 7) is 0. The van der Waals surface area contributed by atoms with Gasteiger partial charge in [-0.3, -0.25) is 9.52 Å². The molecule has 1 saturated carbocycles. The highest BCUT2D eigenvalue weighted by molar-refractivity contribution is 7.99. The number of amides is 1. The number of thioether (sulfide) groups is 1. The topological polar surface area (TPSA) is 119 Å². The van der Waals surface area contributed by atoms with Crippen LogP contribution in [0.2, 0.25) is 0 Å². The van der Waals surface area contributed by atoms with Crippen LogP contribution in [0.25, 0.3) is 0 Å². The standard InChI is InChI=1S/C19H17F3N6O3S2/c20-19(21,22)12-3-1-5-14(9-12)25-33(30,31)16-6-2-4-13(10-16)23-17(29)11-32-18-24-26-27-28(18)15-7-8-15/h1-6,9-10,15,25H,7-8,11H2,(H,23,29). The van der Waals surface area contributed by atoms with Gasteiger partial charge in [-0.1, -0.05) is 23.9 Å². The maximum atomic E-state index is 12.9. The zero-order valence-electron chi connectivity index (χ0n) is 16.8. The Hall–Kier alpha value is -3.13. The molecule has 0 radical (unpaired) electrons. The van der Waals surface area contributed by atoms with Gasteiger partial charge in [-0.2, -0.15) is 13.2 Å². The quantitative estimate of drug-likeness (QED) is 0.456. The number of tetrazole rings is 1. The number of carbonyl (C=O) groups is 1. The second kappa shape index (κ2) is 9.02. The van der Waals surface area contributed by atoms with Crippen LogP contribution in [0.1, 0.15) is 24.4 Å². The van der Waals surface area contributed by atoms with Crippen LogP contribution in [0.5, 0.6) is 0 Å². The molecule has 3 aromatic rings. The van der Waals surface area contributed by atoms with Gasteiger partial charge >= 0.3 is 6.18 Å². The van der Waals surface area contributed by atoms with Crippen molar-refractivity contribution >= 4 is 39.1 Å². The van der Waals surface area contributed by atoms with Crippen molar-refractivity contribution in [3.8, 4) is 0 Å².